The van der Waals surface area contributed by atoms with Crippen LogP contribution in [0.4, 0.5) is 0 Å². The highest BCUT2D eigenvalue weighted by Crippen LogP contribution is 2.07. The van der Waals surface area contributed by atoms with E-state index in [-0.39, 0.29) is 11.6 Å². The van der Waals surface area contributed by atoms with Crippen LogP contribution in [0.15, 0.2) is 61.3 Å². The number of benzene rings is 1. The Kier molecular flexibility index (Phi) is 28.7. The Morgan fingerprint density at radius 3 is 1.72 bits per heavy atom. The van der Waals surface area contributed by atoms with E-state index in [1.54, 1.807) is 19.9 Å². The summed E-state index contributed by atoms with van der Waals surface area (Å²) in [5, 5.41) is 3.30. The molecule has 3 atom stereocenters. The van der Waals surface area contributed by atoms with Crippen LogP contribution in [0, 0.1) is 20.8 Å². The van der Waals surface area contributed by atoms with Gasteiger partial charge in [-0.2, -0.15) is 0 Å². The summed E-state index contributed by atoms with van der Waals surface area (Å²) >= 11 is 0. The van der Waals surface area contributed by atoms with Crippen LogP contribution in [-0.2, 0) is 4.74 Å². The van der Waals surface area contributed by atoms with Crippen LogP contribution in [-0.4, -0.2) is 34.8 Å². The van der Waals surface area contributed by atoms with Gasteiger partial charge in [-0.3, -0.25) is 14.6 Å². The number of ether oxygens (including phenoxy) is 1. The van der Waals surface area contributed by atoms with Crippen molar-refractivity contribution in [2.24, 2.45) is 0 Å². The normalized spacial score (nSPS) is 11.6. The molecule has 0 saturated heterocycles. The highest BCUT2D eigenvalue weighted by molar-refractivity contribution is 5.95. The van der Waals surface area contributed by atoms with Crippen LogP contribution < -0.4 is 5.32 Å². The first-order valence-corrected chi connectivity index (χ1v) is 16.0. The van der Waals surface area contributed by atoms with Crippen molar-refractivity contribution in [1.82, 2.24) is 10.3 Å². The number of nitrogens with zero attached hydrogens (tertiary/aromatic N) is 1. The largest absolute Gasteiger partial charge is 0.383 e. The van der Waals surface area contributed by atoms with Crippen LogP contribution in [0.3, 0.4) is 0 Å². The lowest BCUT2D eigenvalue weighted by Crippen LogP contribution is -2.26. The summed E-state index contributed by atoms with van der Waals surface area (Å²) < 4.78 is 5.55. The average molecular weight is 597 g/mol. The van der Waals surface area contributed by atoms with Crippen LogP contribution in [0.5, 0.6) is 0 Å². The summed E-state index contributed by atoms with van der Waals surface area (Å²) in [6.07, 6.45) is 8.44. The molecule has 0 bridgehead atoms. The predicted molar refractivity (Wildman–Crippen MR) is 188 cm³/mol. The van der Waals surface area contributed by atoms with Gasteiger partial charge in [-0.15, -0.1) is 0 Å². The minimum Gasteiger partial charge on any atom is -0.383 e. The van der Waals surface area contributed by atoms with Gasteiger partial charge in [0.15, 0.2) is 11.6 Å². The van der Waals surface area contributed by atoms with Crippen molar-refractivity contribution in [2.45, 2.75) is 140 Å². The monoisotopic (exact) mass is 596 g/mol. The number of Topliss-reactive ketones (excluding diaryl/α,β-unsaturated/α-hetero) is 2. The van der Waals surface area contributed by atoms with Gasteiger partial charge in [0.25, 0.3) is 0 Å². The summed E-state index contributed by atoms with van der Waals surface area (Å²) in [5.74, 6) is 0.204. The second-order valence-corrected chi connectivity index (χ2v) is 10.4. The zero-order valence-corrected chi connectivity index (χ0v) is 29.9. The zero-order valence-electron chi connectivity index (χ0n) is 29.9. The highest BCUT2D eigenvalue weighted by atomic mass is 16.5. The molecule has 0 aliphatic carbocycles. The molecule has 0 fully saturated rings. The molecule has 1 heterocycles. The molecule has 0 saturated carbocycles. The summed E-state index contributed by atoms with van der Waals surface area (Å²) in [5.41, 5.74) is 5.39. The van der Waals surface area contributed by atoms with Gasteiger partial charge in [0.1, 0.15) is 0 Å². The standard InChI is InChI=1S/C10H19N.C9H11NO.C9H10O.C8H18O.C2H6/c1-5-8-10(7-3)11-9(4)6-2;1-6-4-5-9(8(3)11)7(2)10-6;1-7-3-5-9(6-4-7)8(2)10;1-5-7(3)9-8(4)6-2;1-2/h6,10-11H,2,4-5,7-8H2,1,3H3;4-5H,1-3H3;3-6H,1-2H3;7-8H,5-6H2,1-4H3;1-2H3/t10-;;;;/m1..../s1. The average Bonchev–Trinajstić information content (AvgIpc) is 2.98. The van der Waals surface area contributed by atoms with Crippen LogP contribution in [0.1, 0.15) is 139 Å². The number of aromatic nitrogens is 1. The van der Waals surface area contributed by atoms with Crippen LogP contribution in [0.2, 0.25) is 0 Å². The maximum Gasteiger partial charge on any atom is 0.161 e. The summed E-state index contributed by atoms with van der Waals surface area (Å²) in [4.78, 5) is 25.9. The summed E-state index contributed by atoms with van der Waals surface area (Å²) in [7, 11) is 0. The van der Waals surface area contributed by atoms with Gasteiger partial charge in [0.05, 0.1) is 12.2 Å². The van der Waals surface area contributed by atoms with Crippen LogP contribution >= 0.6 is 0 Å². The molecule has 0 aliphatic heterocycles. The summed E-state index contributed by atoms with van der Waals surface area (Å²) in [6, 6.07) is 11.8. The molecular formula is C38H64N2O3. The van der Waals surface area contributed by atoms with Gasteiger partial charge in [-0.25, -0.2) is 0 Å². The molecule has 2 rings (SSSR count). The van der Waals surface area contributed by atoms with E-state index >= 15 is 0 Å². The number of hydrogen-bond donors (Lipinski definition) is 1. The minimum absolute atomic E-state index is 0.0787. The molecule has 2 unspecified atom stereocenters. The first-order chi connectivity index (χ1) is 20.2. The first-order valence-electron chi connectivity index (χ1n) is 16.0. The summed E-state index contributed by atoms with van der Waals surface area (Å²) in [6.45, 7) is 33.3. The van der Waals surface area contributed by atoms with E-state index in [0.717, 1.165) is 47.5 Å². The van der Waals surface area contributed by atoms with E-state index in [1.807, 2.05) is 71.0 Å². The molecule has 43 heavy (non-hydrogen) atoms. The number of nitrogens with one attached hydrogen (secondary N) is 1. The van der Waals surface area contributed by atoms with Gasteiger partial charge in [-0.1, -0.05) is 91.0 Å². The molecular weight excluding hydrogens is 532 g/mol. The molecule has 2 aromatic rings. The second kappa shape index (κ2) is 27.8. The minimum atomic E-state index is 0.0787. The number of allylic oxidation sites excluding steroid dienone is 1. The van der Waals surface area contributed by atoms with Gasteiger partial charge >= 0.3 is 0 Å². The van der Waals surface area contributed by atoms with E-state index in [2.05, 4.69) is 65.0 Å². The Labute approximate surface area is 265 Å². The Bertz CT molecular complexity index is 1020. The second-order valence-electron chi connectivity index (χ2n) is 10.4. The van der Waals surface area contributed by atoms with Crippen molar-refractivity contribution in [2.75, 3.05) is 0 Å². The number of aryl methyl sites for hydroxylation is 3. The lowest BCUT2D eigenvalue weighted by molar-refractivity contribution is 0.00511. The smallest absolute Gasteiger partial charge is 0.161 e. The fourth-order valence-corrected chi connectivity index (χ4v) is 3.48. The van der Waals surface area contributed by atoms with Gasteiger partial charge < -0.3 is 10.1 Å². The number of carbonyl (C=O) groups is 2. The van der Waals surface area contributed by atoms with Crippen LogP contribution in [0.25, 0.3) is 0 Å². The first kappa shape index (κ1) is 44.4. The molecule has 1 N–H and O–H groups in total. The number of carbonyl (C=O) groups excluding carboxylic acids is 2. The number of hydrogen-bond acceptors (Lipinski definition) is 5. The predicted octanol–water partition coefficient (Wildman–Crippen LogP) is 10.6. The van der Waals surface area contributed by atoms with E-state index in [9.17, 15) is 9.59 Å². The molecule has 0 radical (unpaired) electrons. The maximum atomic E-state index is 10.9. The van der Waals surface area contributed by atoms with Crippen molar-refractivity contribution in [3.63, 3.8) is 0 Å². The third-order valence-corrected chi connectivity index (χ3v) is 6.44. The topological polar surface area (TPSA) is 68.3 Å². The van der Waals surface area contributed by atoms with E-state index in [4.69, 9.17) is 4.74 Å². The Morgan fingerprint density at radius 1 is 0.860 bits per heavy atom. The third-order valence-electron chi connectivity index (χ3n) is 6.44. The number of ketones is 2. The molecule has 5 nitrogen and oxygen atoms in total. The van der Waals surface area contributed by atoms with E-state index in [1.165, 1.54) is 18.4 Å². The SMILES string of the molecule is C=CC(=C)N[C@H](CC)CCC.CC.CC(=O)c1ccc(C)cc1.CC(=O)c1ccc(C)nc1C.CCC(C)OC(C)CC. The third kappa shape index (κ3) is 24.1. The molecule has 1 aromatic carbocycles. The fraction of sp³-hybridized carbons (Fsp3) is 0.553. The Hall–Kier alpha value is -3.05. The van der Waals surface area contributed by atoms with Crippen molar-refractivity contribution >= 4 is 11.6 Å². The molecule has 1 aromatic heterocycles. The van der Waals surface area contributed by atoms with Gasteiger partial charge in [0, 0.05) is 34.3 Å². The van der Waals surface area contributed by atoms with Gasteiger partial charge in [-0.05, 0) is 92.4 Å². The number of pyridine rings is 1. The van der Waals surface area contributed by atoms with Crippen molar-refractivity contribution < 1.29 is 14.3 Å². The van der Waals surface area contributed by atoms with Crippen molar-refractivity contribution in [3.8, 4) is 0 Å². The lowest BCUT2D eigenvalue weighted by Gasteiger charge is -2.16. The molecule has 0 amide bonds. The fourth-order valence-electron chi connectivity index (χ4n) is 3.48. The molecule has 0 aliphatic rings. The van der Waals surface area contributed by atoms with Crippen molar-refractivity contribution in [1.29, 1.82) is 0 Å². The van der Waals surface area contributed by atoms with E-state index < -0.39 is 0 Å². The molecule has 5 heteroatoms. The quantitative estimate of drug-likeness (QED) is 0.195. The lowest BCUT2D eigenvalue weighted by atomic mass is 10.1. The van der Waals surface area contributed by atoms with E-state index in [0.29, 0.717) is 18.2 Å². The molecule has 0 spiro atoms. The highest BCUT2D eigenvalue weighted by Gasteiger charge is 2.04. The molecule has 244 valence electrons. The van der Waals surface area contributed by atoms with Gasteiger partial charge in [0.2, 0.25) is 0 Å². The number of rotatable bonds is 12. The van der Waals surface area contributed by atoms with Crippen molar-refractivity contribution in [3.05, 3.63) is 89.4 Å². The maximum absolute atomic E-state index is 10.9. The Morgan fingerprint density at radius 2 is 1.37 bits per heavy atom. The Balaban J connectivity index is -0.000000488. The zero-order chi connectivity index (χ0) is 34.0.